The van der Waals surface area contributed by atoms with Crippen molar-refractivity contribution in [1.82, 2.24) is 0 Å². The van der Waals surface area contributed by atoms with Crippen LogP contribution in [0.4, 0.5) is 5.69 Å². The quantitative estimate of drug-likeness (QED) is 0.881. The topological polar surface area (TPSA) is 61.8 Å². The molecule has 2 atom stereocenters. The van der Waals surface area contributed by atoms with Crippen LogP contribution in [0.15, 0.2) is 22.7 Å². The zero-order valence-electron chi connectivity index (χ0n) is 9.62. The van der Waals surface area contributed by atoms with Crippen molar-refractivity contribution in [1.29, 1.82) is 5.26 Å². The third-order valence-electron chi connectivity index (χ3n) is 3.26. The van der Waals surface area contributed by atoms with Crippen LogP contribution in [-0.2, 0) is 0 Å². The molecule has 0 radical (unpaired) electrons. The summed E-state index contributed by atoms with van der Waals surface area (Å²) in [4.78, 5) is 0. The van der Waals surface area contributed by atoms with Crippen LogP contribution in [0.1, 0.15) is 31.2 Å². The van der Waals surface area contributed by atoms with Crippen molar-refractivity contribution in [3.63, 3.8) is 0 Å². The third-order valence-corrected chi connectivity index (χ3v) is 3.76. The summed E-state index contributed by atoms with van der Waals surface area (Å²) in [6.07, 6.45) is 4.58. The standard InChI is InChI=1S/C13H16BrN3/c14-10-5-6-12(9(7-10)8-15)17-13-4-2-1-3-11(13)16/h5-7,11,13,17H,1-4,16H2. The van der Waals surface area contributed by atoms with Crippen LogP contribution in [0.25, 0.3) is 0 Å². The predicted molar refractivity (Wildman–Crippen MR) is 72.7 cm³/mol. The molecule has 1 aliphatic carbocycles. The van der Waals surface area contributed by atoms with E-state index in [0.29, 0.717) is 5.56 Å². The maximum absolute atomic E-state index is 9.10. The largest absolute Gasteiger partial charge is 0.380 e. The Morgan fingerprint density at radius 1 is 1.35 bits per heavy atom. The first-order valence-corrected chi connectivity index (χ1v) is 6.72. The summed E-state index contributed by atoms with van der Waals surface area (Å²) in [7, 11) is 0. The lowest BCUT2D eigenvalue weighted by atomic mass is 9.90. The summed E-state index contributed by atoms with van der Waals surface area (Å²) in [5, 5.41) is 12.5. The summed E-state index contributed by atoms with van der Waals surface area (Å²) >= 11 is 3.37. The zero-order chi connectivity index (χ0) is 12.3. The molecule has 1 aromatic rings. The Balaban J connectivity index is 2.15. The molecule has 1 fully saturated rings. The number of nitrogens with zero attached hydrogens (tertiary/aromatic N) is 1. The van der Waals surface area contributed by atoms with Gasteiger partial charge in [-0.1, -0.05) is 28.8 Å². The molecule has 4 heteroatoms. The minimum absolute atomic E-state index is 0.193. The second kappa shape index (κ2) is 5.52. The van der Waals surface area contributed by atoms with Gasteiger partial charge in [0.2, 0.25) is 0 Å². The second-order valence-electron chi connectivity index (χ2n) is 4.50. The van der Waals surface area contributed by atoms with Gasteiger partial charge in [0.1, 0.15) is 6.07 Å². The molecule has 1 aromatic carbocycles. The van der Waals surface area contributed by atoms with Crippen molar-refractivity contribution in [2.24, 2.45) is 5.73 Å². The van der Waals surface area contributed by atoms with E-state index in [9.17, 15) is 0 Å². The molecule has 2 rings (SSSR count). The van der Waals surface area contributed by atoms with E-state index in [4.69, 9.17) is 11.0 Å². The molecular weight excluding hydrogens is 278 g/mol. The average molecular weight is 294 g/mol. The van der Waals surface area contributed by atoms with Gasteiger partial charge >= 0.3 is 0 Å². The highest BCUT2D eigenvalue weighted by molar-refractivity contribution is 9.10. The van der Waals surface area contributed by atoms with Gasteiger partial charge in [-0.2, -0.15) is 5.26 Å². The van der Waals surface area contributed by atoms with Gasteiger partial charge < -0.3 is 11.1 Å². The Morgan fingerprint density at radius 2 is 2.12 bits per heavy atom. The van der Waals surface area contributed by atoms with E-state index >= 15 is 0 Å². The van der Waals surface area contributed by atoms with Gasteiger partial charge in [0, 0.05) is 16.6 Å². The number of hydrogen-bond acceptors (Lipinski definition) is 3. The molecule has 3 N–H and O–H groups in total. The van der Waals surface area contributed by atoms with Gasteiger partial charge in [0.25, 0.3) is 0 Å². The van der Waals surface area contributed by atoms with Crippen molar-refractivity contribution in [3.05, 3.63) is 28.2 Å². The highest BCUT2D eigenvalue weighted by Gasteiger charge is 2.22. The monoisotopic (exact) mass is 293 g/mol. The van der Waals surface area contributed by atoms with Crippen LogP contribution in [-0.4, -0.2) is 12.1 Å². The highest BCUT2D eigenvalue weighted by Crippen LogP contribution is 2.25. The number of nitrogens with two attached hydrogens (primary N) is 1. The summed E-state index contributed by atoms with van der Waals surface area (Å²) in [5.41, 5.74) is 7.64. The number of halogens is 1. The van der Waals surface area contributed by atoms with Crippen LogP contribution in [0.3, 0.4) is 0 Å². The summed E-state index contributed by atoms with van der Waals surface area (Å²) in [5.74, 6) is 0. The van der Waals surface area contributed by atoms with Crippen LogP contribution in [0, 0.1) is 11.3 Å². The van der Waals surface area contributed by atoms with E-state index in [2.05, 4.69) is 27.3 Å². The number of rotatable bonds is 2. The summed E-state index contributed by atoms with van der Waals surface area (Å²) < 4.78 is 0.924. The van der Waals surface area contributed by atoms with Gasteiger partial charge in [-0.3, -0.25) is 0 Å². The minimum atomic E-state index is 0.193. The molecule has 1 aliphatic rings. The van der Waals surface area contributed by atoms with E-state index < -0.39 is 0 Å². The van der Waals surface area contributed by atoms with Crippen molar-refractivity contribution in [3.8, 4) is 6.07 Å². The van der Waals surface area contributed by atoms with Crippen LogP contribution < -0.4 is 11.1 Å². The second-order valence-corrected chi connectivity index (χ2v) is 5.42. The average Bonchev–Trinajstić information content (AvgIpc) is 2.34. The fraction of sp³-hybridized carbons (Fsp3) is 0.462. The number of benzene rings is 1. The van der Waals surface area contributed by atoms with Gasteiger partial charge in [-0.05, 0) is 31.0 Å². The first-order chi connectivity index (χ1) is 8.20. The molecule has 0 bridgehead atoms. The Bertz CT molecular complexity index is 439. The molecule has 3 nitrogen and oxygen atoms in total. The number of hydrogen-bond donors (Lipinski definition) is 2. The van der Waals surface area contributed by atoms with E-state index in [0.717, 1.165) is 23.0 Å². The molecule has 1 saturated carbocycles. The molecule has 90 valence electrons. The molecular formula is C13H16BrN3. The Labute approximate surface area is 110 Å². The number of anilines is 1. The lowest BCUT2D eigenvalue weighted by molar-refractivity contribution is 0.404. The van der Waals surface area contributed by atoms with E-state index in [-0.39, 0.29) is 12.1 Å². The SMILES string of the molecule is N#Cc1cc(Br)ccc1NC1CCCCC1N. The molecule has 0 spiro atoms. The van der Waals surface area contributed by atoms with E-state index in [1.807, 2.05) is 18.2 Å². The molecule has 0 aromatic heterocycles. The molecule has 0 amide bonds. The van der Waals surface area contributed by atoms with Crippen molar-refractivity contribution >= 4 is 21.6 Å². The summed E-state index contributed by atoms with van der Waals surface area (Å²) in [6, 6.07) is 8.40. The Morgan fingerprint density at radius 3 is 2.82 bits per heavy atom. The molecule has 0 saturated heterocycles. The molecule has 2 unspecified atom stereocenters. The first kappa shape index (κ1) is 12.4. The molecule has 0 heterocycles. The van der Waals surface area contributed by atoms with Gasteiger partial charge in [0.05, 0.1) is 11.3 Å². The van der Waals surface area contributed by atoms with Crippen molar-refractivity contribution in [2.45, 2.75) is 37.8 Å². The minimum Gasteiger partial charge on any atom is -0.380 e. The lowest BCUT2D eigenvalue weighted by Crippen LogP contribution is -2.42. The van der Waals surface area contributed by atoms with Gasteiger partial charge in [-0.25, -0.2) is 0 Å². The lowest BCUT2D eigenvalue weighted by Gasteiger charge is -2.30. The van der Waals surface area contributed by atoms with Gasteiger partial charge in [0.15, 0.2) is 0 Å². The third kappa shape index (κ3) is 2.99. The Hall–Kier alpha value is -1.05. The first-order valence-electron chi connectivity index (χ1n) is 5.92. The normalized spacial score (nSPS) is 24.1. The van der Waals surface area contributed by atoms with Gasteiger partial charge in [-0.15, -0.1) is 0 Å². The molecule has 0 aliphatic heterocycles. The fourth-order valence-corrected chi connectivity index (χ4v) is 2.63. The summed E-state index contributed by atoms with van der Waals surface area (Å²) in [6.45, 7) is 0. The number of nitrogens with one attached hydrogen (secondary N) is 1. The highest BCUT2D eigenvalue weighted by atomic mass is 79.9. The predicted octanol–water partition coefficient (Wildman–Crippen LogP) is 3.00. The zero-order valence-corrected chi connectivity index (χ0v) is 11.2. The van der Waals surface area contributed by atoms with Crippen LogP contribution >= 0.6 is 15.9 Å². The van der Waals surface area contributed by atoms with Crippen LogP contribution in [0.5, 0.6) is 0 Å². The maximum atomic E-state index is 9.10. The van der Waals surface area contributed by atoms with E-state index in [1.165, 1.54) is 12.8 Å². The molecule has 17 heavy (non-hydrogen) atoms. The van der Waals surface area contributed by atoms with Crippen LogP contribution in [0.2, 0.25) is 0 Å². The fourth-order valence-electron chi connectivity index (χ4n) is 2.27. The van der Waals surface area contributed by atoms with Crippen molar-refractivity contribution in [2.75, 3.05) is 5.32 Å². The Kier molecular flexibility index (Phi) is 4.03. The van der Waals surface area contributed by atoms with Crippen molar-refractivity contribution < 1.29 is 0 Å². The number of nitriles is 1. The van der Waals surface area contributed by atoms with E-state index in [1.54, 1.807) is 0 Å². The smallest absolute Gasteiger partial charge is 0.101 e. The maximum Gasteiger partial charge on any atom is 0.101 e.